The Kier molecular flexibility index (Phi) is 7.98. The van der Waals surface area contributed by atoms with Crippen molar-refractivity contribution in [1.82, 2.24) is 10.6 Å². The molecule has 2 aromatic rings. The average molecular weight is 404 g/mol. The maximum Gasteiger partial charge on any atom is 0.251 e. The number of halogens is 1. The predicted octanol–water partition coefficient (Wildman–Crippen LogP) is 3.19. The Morgan fingerprint density at radius 1 is 0.840 bits per heavy atom. The second-order valence-corrected chi connectivity index (χ2v) is 6.42. The maximum absolute atomic E-state index is 11.9. The largest absolute Gasteiger partial charge is 0.385 e. The molecule has 0 fully saturated rings. The van der Waals surface area contributed by atoms with Gasteiger partial charge in [-0.05, 0) is 42.8 Å². The van der Waals surface area contributed by atoms with E-state index in [1.807, 2.05) is 42.5 Å². The Morgan fingerprint density at radius 2 is 1.56 bits per heavy atom. The lowest BCUT2D eigenvalue weighted by molar-refractivity contribution is -0.120. The van der Waals surface area contributed by atoms with Gasteiger partial charge in [0.2, 0.25) is 5.91 Å². The smallest absolute Gasteiger partial charge is 0.251 e. The quantitative estimate of drug-likeness (QED) is 0.563. The Hall–Kier alpha value is -2.34. The molecule has 2 amide bonds. The lowest BCUT2D eigenvalue weighted by atomic mass is 10.2. The van der Waals surface area contributed by atoms with Crippen LogP contribution in [0.3, 0.4) is 0 Å². The van der Waals surface area contributed by atoms with Crippen molar-refractivity contribution in [2.24, 2.45) is 0 Å². The van der Waals surface area contributed by atoms with Crippen molar-refractivity contribution in [2.45, 2.75) is 12.8 Å². The summed E-state index contributed by atoms with van der Waals surface area (Å²) in [6.45, 7) is 1.73. The van der Waals surface area contributed by atoms with E-state index in [9.17, 15) is 9.59 Å². The van der Waals surface area contributed by atoms with E-state index in [1.54, 1.807) is 12.1 Å². The fraction of sp³-hybridized carbons (Fsp3) is 0.263. The Labute approximate surface area is 156 Å². The first kappa shape index (κ1) is 19.0. The fourth-order valence-corrected chi connectivity index (χ4v) is 2.45. The first-order valence-corrected chi connectivity index (χ1v) is 9.04. The van der Waals surface area contributed by atoms with Crippen LogP contribution >= 0.6 is 15.9 Å². The molecule has 25 heavy (non-hydrogen) atoms. The lowest BCUT2D eigenvalue weighted by Gasteiger charge is -2.08. The van der Waals surface area contributed by atoms with Crippen LogP contribution in [0.15, 0.2) is 59.1 Å². The number of carbonyl (C=O) groups is 2. The van der Waals surface area contributed by atoms with E-state index in [-0.39, 0.29) is 18.2 Å². The summed E-state index contributed by atoms with van der Waals surface area (Å²) in [6.07, 6.45) is 1.11. The van der Waals surface area contributed by atoms with Crippen molar-refractivity contribution in [3.05, 3.63) is 64.6 Å². The predicted molar refractivity (Wildman–Crippen MR) is 104 cm³/mol. The SMILES string of the molecule is O=C(CCNC(=O)c1ccc(Br)cc1)NCCCNc1ccccc1. The molecule has 0 radical (unpaired) electrons. The zero-order valence-corrected chi connectivity index (χ0v) is 15.5. The van der Waals surface area contributed by atoms with Gasteiger partial charge in [0.15, 0.2) is 0 Å². The highest BCUT2D eigenvalue weighted by Gasteiger charge is 2.06. The van der Waals surface area contributed by atoms with Gasteiger partial charge >= 0.3 is 0 Å². The molecule has 0 spiro atoms. The molecule has 132 valence electrons. The average Bonchev–Trinajstić information content (AvgIpc) is 2.63. The monoisotopic (exact) mass is 403 g/mol. The van der Waals surface area contributed by atoms with Crippen LogP contribution in [0.5, 0.6) is 0 Å². The zero-order valence-electron chi connectivity index (χ0n) is 13.9. The van der Waals surface area contributed by atoms with Crippen LogP contribution in [0.25, 0.3) is 0 Å². The van der Waals surface area contributed by atoms with E-state index in [2.05, 4.69) is 31.9 Å². The molecule has 0 saturated heterocycles. The molecule has 3 N–H and O–H groups in total. The molecule has 2 rings (SSSR count). The van der Waals surface area contributed by atoms with Crippen LogP contribution in [0.4, 0.5) is 5.69 Å². The highest BCUT2D eigenvalue weighted by atomic mass is 79.9. The number of hydrogen-bond acceptors (Lipinski definition) is 3. The van der Waals surface area contributed by atoms with Gasteiger partial charge in [0.25, 0.3) is 5.91 Å². The number of rotatable bonds is 9. The number of hydrogen-bond donors (Lipinski definition) is 3. The van der Waals surface area contributed by atoms with Gasteiger partial charge in [-0.1, -0.05) is 34.1 Å². The first-order valence-electron chi connectivity index (χ1n) is 8.24. The second kappa shape index (κ2) is 10.5. The molecule has 2 aromatic carbocycles. The number of benzene rings is 2. The van der Waals surface area contributed by atoms with Crippen molar-refractivity contribution in [3.8, 4) is 0 Å². The van der Waals surface area contributed by atoms with Crippen molar-refractivity contribution >= 4 is 33.4 Å². The topological polar surface area (TPSA) is 70.2 Å². The summed E-state index contributed by atoms with van der Waals surface area (Å²) < 4.78 is 0.921. The molecular weight excluding hydrogens is 382 g/mol. The van der Waals surface area contributed by atoms with Gasteiger partial charge in [-0.2, -0.15) is 0 Å². The van der Waals surface area contributed by atoms with E-state index in [0.717, 1.165) is 23.1 Å². The van der Waals surface area contributed by atoms with Crippen molar-refractivity contribution in [2.75, 3.05) is 25.0 Å². The summed E-state index contributed by atoms with van der Waals surface area (Å²) in [5.41, 5.74) is 1.65. The summed E-state index contributed by atoms with van der Waals surface area (Å²) in [7, 11) is 0. The number of carbonyl (C=O) groups excluding carboxylic acids is 2. The molecule has 0 saturated carbocycles. The minimum Gasteiger partial charge on any atom is -0.385 e. The van der Waals surface area contributed by atoms with Crippen LogP contribution in [0.2, 0.25) is 0 Å². The van der Waals surface area contributed by atoms with Crippen molar-refractivity contribution in [3.63, 3.8) is 0 Å². The van der Waals surface area contributed by atoms with E-state index < -0.39 is 0 Å². The fourth-order valence-electron chi connectivity index (χ4n) is 2.19. The van der Waals surface area contributed by atoms with Gasteiger partial charge in [-0.25, -0.2) is 0 Å². The van der Waals surface area contributed by atoms with E-state index in [0.29, 0.717) is 18.7 Å². The minimum atomic E-state index is -0.174. The molecule has 0 heterocycles. The third kappa shape index (κ3) is 7.39. The highest BCUT2D eigenvalue weighted by molar-refractivity contribution is 9.10. The maximum atomic E-state index is 11.9. The Balaban J connectivity index is 1.53. The standard InChI is InChI=1S/C19H22BrN3O2/c20-16-9-7-15(8-10-16)19(25)23-14-11-18(24)22-13-4-12-21-17-5-2-1-3-6-17/h1-3,5-10,21H,4,11-14H2,(H,22,24)(H,23,25). The van der Waals surface area contributed by atoms with Crippen LogP contribution in [-0.2, 0) is 4.79 Å². The van der Waals surface area contributed by atoms with Gasteiger partial charge in [-0.15, -0.1) is 0 Å². The summed E-state index contributed by atoms with van der Waals surface area (Å²) in [6, 6.07) is 17.0. The number of anilines is 1. The second-order valence-electron chi connectivity index (χ2n) is 5.51. The third-order valence-corrected chi connectivity index (χ3v) is 4.05. The van der Waals surface area contributed by atoms with Gasteiger partial charge in [-0.3, -0.25) is 9.59 Å². The van der Waals surface area contributed by atoms with Crippen LogP contribution in [0, 0.1) is 0 Å². The molecule has 0 aromatic heterocycles. The summed E-state index contributed by atoms with van der Waals surface area (Å²) >= 11 is 3.33. The Morgan fingerprint density at radius 3 is 2.28 bits per heavy atom. The van der Waals surface area contributed by atoms with Crippen LogP contribution < -0.4 is 16.0 Å². The molecule has 0 atom stereocenters. The van der Waals surface area contributed by atoms with Gasteiger partial charge in [0.05, 0.1) is 0 Å². The summed E-state index contributed by atoms with van der Waals surface area (Å²) in [5, 5.41) is 8.89. The molecule has 5 nitrogen and oxygen atoms in total. The highest BCUT2D eigenvalue weighted by Crippen LogP contribution is 2.10. The number of amides is 2. The normalized spacial score (nSPS) is 10.1. The molecule has 0 bridgehead atoms. The van der Waals surface area contributed by atoms with Gasteiger partial charge in [0.1, 0.15) is 0 Å². The van der Waals surface area contributed by atoms with Gasteiger partial charge < -0.3 is 16.0 Å². The molecule has 0 aliphatic carbocycles. The minimum absolute atomic E-state index is 0.0594. The first-order chi connectivity index (χ1) is 12.1. The summed E-state index contributed by atoms with van der Waals surface area (Å²) in [4.78, 5) is 23.7. The summed E-state index contributed by atoms with van der Waals surface area (Å²) in [5.74, 6) is -0.233. The molecular formula is C19H22BrN3O2. The zero-order chi connectivity index (χ0) is 17.9. The van der Waals surface area contributed by atoms with Crippen molar-refractivity contribution in [1.29, 1.82) is 0 Å². The number of para-hydroxylation sites is 1. The number of nitrogens with one attached hydrogen (secondary N) is 3. The van der Waals surface area contributed by atoms with Crippen LogP contribution in [-0.4, -0.2) is 31.4 Å². The van der Waals surface area contributed by atoms with Gasteiger partial charge in [0, 0.05) is 41.8 Å². The molecule has 0 unspecified atom stereocenters. The lowest BCUT2D eigenvalue weighted by Crippen LogP contribution is -2.31. The van der Waals surface area contributed by atoms with Crippen LogP contribution in [0.1, 0.15) is 23.2 Å². The Bertz CT molecular complexity index is 675. The van der Waals surface area contributed by atoms with E-state index >= 15 is 0 Å². The van der Waals surface area contributed by atoms with Crippen molar-refractivity contribution < 1.29 is 9.59 Å². The van der Waals surface area contributed by atoms with E-state index in [1.165, 1.54) is 0 Å². The molecule has 0 aliphatic heterocycles. The molecule has 6 heteroatoms. The molecule has 0 aliphatic rings. The third-order valence-electron chi connectivity index (χ3n) is 3.52. The van der Waals surface area contributed by atoms with E-state index in [4.69, 9.17) is 0 Å².